The number of benzene rings is 1. The molecule has 1 fully saturated rings. The molecule has 1 aromatic carbocycles. The van der Waals surface area contributed by atoms with Crippen LogP contribution in [0.2, 0.25) is 0 Å². The van der Waals surface area contributed by atoms with Crippen molar-refractivity contribution >= 4 is 23.0 Å². The van der Waals surface area contributed by atoms with Crippen LogP contribution in [0, 0.1) is 5.92 Å². The summed E-state index contributed by atoms with van der Waals surface area (Å²) in [6.07, 6.45) is 2.13. The molecule has 1 saturated heterocycles. The maximum absolute atomic E-state index is 11.3. The van der Waals surface area contributed by atoms with Gasteiger partial charge in [-0.1, -0.05) is 0 Å². The molecule has 0 spiro atoms. The summed E-state index contributed by atoms with van der Waals surface area (Å²) in [4.78, 5) is 11.3. The van der Waals surface area contributed by atoms with Gasteiger partial charge in [-0.15, -0.1) is 0 Å². The Morgan fingerprint density at radius 2 is 2.15 bits per heavy atom. The van der Waals surface area contributed by atoms with Gasteiger partial charge < -0.3 is 25.8 Å². The van der Waals surface area contributed by atoms with E-state index in [2.05, 4.69) is 10.6 Å². The smallest absolute Gasteiger partial charge is 0.262 e. The van der Waals surface area contributed by atoms with Crippen molar-refractivity contribution in [2.75, 3.05) is 42.7 Å². The van der Waals surface area contributed by atoms with Crippen LogP contribution in [0.4, 0.5) is 17.1 Å². The fourth-order valence-electron chi connectivity index (χ4n) is 2.50. The number of nitrogen functional groups attached to an aromatic ring is 1. The van der Waals surface area contributed by atoms with E-state index in [-0.39, 0.29) is 12.5 Å². The summed E-state index contributed by atoms with van der Waals surface area (Å²) in [6, 6.07) is 3.59. The molecule has 108 valence electrons. The highest BCUT2D eigenvalue weighted by atomic mass is 16.5. The van der Waals surface area contributed by atoms with Crippen molar-refractivity contribution in [2.24, 2.45) is 5.92 Å². The molecule has 1 aromatic rings. The Balaban J connectivity index is 1.69. The van der Waals surface area contributed by atoms with Crippen LogP contribution in [0.3, 0.4) is 0 Å². The first-order valence-corrected chi connectivity index (χ1v) is 6.90. The molecule has 0 aromatic heterocycles. The average molecular weight is 277 g/mol. The summed E-state index contributed by atoms with van der Waals surface area (Å²) in [6.45, 7) is 2.56. The van der Waals surface area contributed by atoms with Crippen LogP contribution in [-0.4, -0.2) is 32.3 Å². The monoisotopic (exact) mass is 277 g/mol. The topological polar surface area (TPSA) is 85.6 Å². The number of nitrogens with two attached hydrogens (primary N) is 1. The summed E-state index contributed by atoms with van der Waals surface area (Å²) < 4.78 is 10.7. The molecule has 1 amide bonds. The van der Waals surface area contributed by atoms with Crippen LogP contribution >= 0.6 is 0 Å². The number of carbonyl (C=O) groups is 1. The fourth-order valence-corrected chi connectivity index (χ4v) is 2.50. The minimum absolute atomic E-state index is 0.0429. The largest absolute Gasteiger partial charge is 0.482 e. The number of carbonyl (C=O) groups excluding carboxylic acids is 1. The van der Waals surface area contributed by atoms with Crippen LogP contribution in [0.5, 0.6) is 5.75 Å². The van der Waals surface area contributed by atoms with E-state index in [1.165, 1.54) is 0 Å². The SMILES string of the molecule is Nc1cc2c(cc1NCC1CCOCC1)NC(=O)CO2. The van der Waals surface area contributed by atoms with Crippen molar-refractivity contribution in [3.63, 3.8) is 0 Å². The van der Waals surface area contributed by atoms with E-state index >= 15 is 0 Å². The van der Waals surface area contributed by atoms with Gasteiger partial charge >= 0.3 is 0 Å². The predicted octanol–water partition coefficient (Wildman–Crippen LogP) is 1.44. The van der Waals surface area contributed by atoms with Gasteiger partial charge in [0.15, 0.2) is 6.61 Å². The van der Waals surface area contributed by atoms with Crippen LogP contribution in [0.15, 0.2) is 12.1 Å². The number of hydrogen-bond acceptors (Lipinski definition) is 5. The van der Waals surface area contributed by atoms with E-state index in [1.54, 1.807) is 6.07 Å². The number of ether oxygens (including phenoxy) is 2. The zero-order chi connectivity index (χ0) is 13.9. The quantitative estimate of drug-likeness (QED) is 0.728. The number of fused-ring (bicyclic) bond motifs is 1. The third kappa shape index (κ3) is 2.80. The molecule has 0 radical (unpaired) electrons. The van der Waals surface area contributed by atoms with Gasteiger partial charge in [-0.25, -0.2) is 0 Å². The molecule has 0 saturated carbocycles. The summed E-state index contributed by atoms with van der Waals surface area (Å²) in [5.74, 6) is 1.08. The zero-order valence-corrected chi connectivity index (χ0v) is 11.3. The Morgan fingerprint density at radius 3 is 2.95 bits per heavy atom. The maximum Gasteiger partial charge on any atom is 0.262 e. The first-order chi connectivity index (χ1) is 9.72. The molecule has 0 atom stereocenters. The molecule has 6 nitrogen and oxygen atoms in total. The molecule has 2 aliphatic heterocycles. The van der Waals surface area contributed by atoms with Crippen LogP contribution in [0.25, 0.3) is 0 Å². The van der Waals surface area contributed by atoms with E-state index in [4.69, 9.17) is 15.2 Å². The Kier molecular flexibility index (Phi) is 3.64. The Bertz CT molecular complexity index is 513. The molecule has 2 aliphatic rings. The lowest BCUT2D eigenvalue weighted by Gasteiger charge is -2.24. The number of amides is 1. The number of rotatable bonds is 3. The summed E-state index contributed by atoms with van der Waals surface area (Å²) in [7, 11) is 0. The van der Waals surface area contributed by atoms with Gasteiger partial charge in [0.1, 0.15) is 5.75 Å². The van der Waals surface area contributed by atoms with E-state index < -0.39 is 0 Å². The molecule has 4 N–H and O–H groups in total. The van der Waals surface area contributed by atoms with Crippen molar-refractivity contribution < 1.29 is 14.3 Å². The van der Waals surface area contributed by atoms with Crippen LogP contribution in [0.1, 0.15) is 12.8 Å². The Labute approximate surface area is 117 Å². The van der Waals surface area contributed by atoms with Crippen LogP contribution in [-0.2, 0) is 9.53 Å². The molecule has 2 heterocycles. The normalized spacial score (nSPS) is 18.9. The van der Waals surface area contributed by atoms with Gasteiger partial charge in [0.2, 0.25) is 0 Å². The minimum Gasteiger partial charge on any atom is -0.482 e. The lowest BCUT2D eigenvalue weighted by atomic mass is 10.0. The van der Waals surface area contributed by atoms with Gasteiger partial charge in [-0.3, -0.25) is 4.79 Å². The standard InChI is InChI=1S/C14H19N3O3/c15-10-5-13-12(17-14(18)8-20-13)6-11(10)16-7-9-1-3-19-4-2-9/h5-6,9,16H,1-4,7-8,15H2,(H,17,18). The van der Waals surface area contributed by atoms with Crippen molar-refractivity contribution in [1.29, 1.82) is 0 Å². The summed E-state index contributed by atoms with van der Waals surface area (Å²) in [5.41, 5.74) is 8.15. The Morgan fingerprint density at radius 1 is 1.35 bits per heavy atom. The number of nitrogens with one attached hydrogen (secondary N) is 2. The molecular weight excluding hydrogens is 258 g/mol. The van der Waals surface area contributed by atoms with E-state index in [0.717, 1.165) is 38.3 Å². The first-order valence-electron chi connectivity index (χ1n) is 6.90. The molecule has 0 bridgehead atoms. The highest BCUT2D eigenvalue weighted by Crippen LogP contribution is 2.35. The second kappa shape index (κ2) is 5.58. The van der Waals surface area contributed by atoms with E-state index in [9.17, 15) is 4.79 Å². The fraction of sp³-hybridized carbons (Fsp3) is 0.500. The third-order valence-corrected chi connectivity index (χ3v) is 3.71. The number of anilines is 3. The second-order valence-corrected chi connectivity index (χ2v) is 5.21. The lowest BCUT2D eigenvalue weighted by Crippen LogP contribution is -2.26. The van der Waals surface area contributed by atoms with Crippen molar-refractivity contribution in [1.82, 2.24) is 0 Å². The van der Waals surface area contributed by atoms with Gasteiger partial charge in [-0.05, 0) is 24.8 Å². The van der Waals surface area contributed by atoms with E-state index in [1.807, 2.05) is 6.07 Å². The van der Waals surface area contributed by atoms with Crippen molar-refractivity contribution in [3.05, 3.63) is 12.1 Å². The zero-order valence-electron chi connectivity index (χ0n) is 11.3. The maximum atomic E-state index is 11.3. The highest BCUT2D eigenvalue weighted by molar-refractivity contribution is 5.97. The summed E-state index contributed by atoms with van der Waals surface area (Å²) in [5, 5.41) is 6.15. The number of hydrogen-bond donors (Lipinski definition) is 3. The van der Waals surface area contributed by atoms with E-state index in [0.29, 0.717) is 23.0 Å². The highest BCUT2D eigenvalue weighted by Gasteiger charge is 2.19. The third-order valence-electron chi connectivity index (χ3n) is 3.71. The summed E-state index contributed by atoms with van der Waals surface area (Å²) >= 11 is 0. The molecule has 0 aliphatic carbocycles. The molecule has 20 heavy (non-hydrogen) atoms. The van der Waals surface area contributed by atoms with Gasteiger partial charge in [-0.2, -0.15) is 0 Å². The van der Waals surface area contributed by atoms with Crippen molar-refractivity contribution in [2.45, 2.75) is 12.8 Å². The minimum atomic E-state index is -0.141. The van der Waals surface area contributed by atoms with Gasteiger partial charge in [0.25, 0.3) is 5.91 Å². The molecule has 6 heteroatoms. The second-order valence-electron chi connectivity index (χ2n) is 5.21. The average Bonchev–Trinajstić information content (AvgIpc) is 2.46. The lowest BCUT2D eigenvalue weighted by molar-refractivity contribution is -0.118. The molecule has 3 rings (SSSR count). The van der Waals surface area contributed by atoms with Gasteiger partial charge in [0, 0.05) is 25.8 Å². The predicted molar refractivity (Wildman–Crippen MR) is 77.0 cm³/mol. The van der Waals surface area contributed by atoms with Gasteiger partial charge in [0.05, 0.1) is 17.1 Å². The molecule has 0 unspecified atom stereocenters. The van der Waals surface area contributed by atoms with Crippen LogP contribution < -0.4 is 21.1 Å². The van der Waals surface area contributed by atoms with Crippen molar-refractivity contribution in [3.8, 4) is 5.75 Å². The molecular formula is C14H19N3O3. The first kappa shape index (κ1) is 13.1. The Hall–Kier alpha value is -1.95.